The molecule has 0 saturated heterocycles. The molecule has 0 aliphatic rings. The minimum atomic E-state index is -0.655. The molecular weight excluding hydrogens is 324 g/mol. The Kier molecular flexibility index (Phi) is 6.45. The fourth-order valence-corrected chi connectivity index (χ4v) is 1.82. The van der Waals surface area contributed by atoms with Crippen molar-refractivity contribution >= 4 is 21.8 Å². The van der Waals surface area contributed by atoms with Gasteiger partial charge in [-0.3, -0.25) is 4.79 Å². The molecule has 5 nitrogen and oxygen atoms in total. The van der Waals surface area contributed by atoms with E-state index in [9.17, 15) is 9.90 Å². The number of primary amides is 1. The maximum Gasteiger partial charge on any atom is 0.224 e. The molecule has 112 valence electrons. The summed E-state index contributed by atoms with van der Waals surface area (Å²) in [5.74, 6) is 0.320. The van der Waals surface area contributed by atoms with Crippen molar-refractivity contribution in [3.63, 3.8) is 0 Å². The Morgan fingerprint density at radius 1 is 1.55 bits per heavy atom. The third kappa shape index (κ3) is 5.90. The predicted molar refractivity (Wildman–Crippen MR) is 81.5 cm³/mol. The topological polar surface area (TPSA) is 84.6 Å². The highest BCUT2D eigenvalue weighted by atomic mass is 79.9. The minimum Gasteiger partial charge on any atom is -0.491 e. The summed E-state index contributed by atoms with van der Waals surface area (Å²) in [6.45, 7) is 4.45. The smallest absolute Gasteiger partial charge is 0.224 e. The summed E-state index contributed by atoms with van der Waals surface area (Å²) in [5, 5.41) is 12.8. The number of hydrogen-bond donors (Lipinski definition) is 3. The number of aliphatic hydroxyl groups excluding tert-OH is 1. The number of amides is 1. The number of carbonyl (C=O) groups is 1. The van der Waals surface area contributed by atoms with Crippen LogP contribution in [0, 0.1) is 5.41 Å². The molecule has 1 aromatic carbocycles. The van der Waals surface area contributed by atoms with Crippen LogP contribution >= 0.6 is 15.9 Å². The van der Waals surface area contributed by atoms with Crippen LogP contribution in [0.25, 0.3) is 0 Å². The quantitative estimate of drug-likeness (QED) is 0.663. The number of ether oxygens (including phenoxy) is 1. The van der Waals surface area contributed by atoms with Crippen molar-refractivity contribution in [1.29, 1.82) is 0 Å². The Bertz CT molecular complexity index is 452. The number of nitrogens with two attached hydrogens (primary N) is 1. The highest BCUT2D eigenvalue weighted by Crippen LogP contribution is 2.17. The molecule has 1 atom stereocenters. The summed E-state index contributed by atoms with van der Waals surface area (Å²) in [4.78, 5) is 11.1. The number of benzene rings is 1. The number of carbonyl (C=O) groups excluding carboxylic acids is 1. The summed E-state index contributed by atoms with van der Waals surface area (Å²) in [5.41, 5.74) is 4.63. The van der Waals surface area contributed by atoms with E-state index in [1.54, 1.807) is 13.8 Å². The van der Waals surface area contributed by atoms with E-state index >= 15 is 0 Å². The van der Waals surface area contributed by atoms with Crippen molar-refractivity contribution in [1.82, 2.24) is 5.32 Å². The van der Waals surface area contributed by atoms with Gasteiger partial charge in [-0.05, 0) is 32.0 Å². The lowest BCUT2D eigenvalue weighted by molar-refractivity contribution is -0.125. The number of hydrogen-bond acceptors (Lipinski definition) is 4. The SMILES string of the molecule is CC(C)(CNCC(O)COc1cccc(Br)c1)C(N)=O. The molecule has 1 unspecified atom stereocenters. The van der Waals surface area contributed by atoms with Crippen molar-refractivity contribution in [2.75, 3.05) is 19.7 Å². The second-order valence-corrected chi connectivity index (χ2v) is 6.22. The van der Waals surface area contributed by atoms with Gasteiger partial charge in [-0.1, -0.05) is 22.0 Å². The second kappa shape index (κ2) is 7.61. The van der Waals surface area contributed by atoms with Crippen LogP contribution in [0.5, 0.6) is 5.75 Å². The van der Waals surface area contributed by atoms with E-state index in [1.807, 2.05) is 24.3 Å². The maximum atomic E-state index is 11.1. The summed E-state index contributed by atoms with van der Waals surface area (Å²) in [6, 6.07) is 7.41. The summed E-state index contributed by atoms with van der Waals surface area (Å²) in [6.07, 6.45) is -0.655. The molecule has 1 rings (SSSR count). The Hall–Kier alpha value is -1.11. The molecule has 0 aliphatic carbocycles. The van der Waals surface area contributed by atoms with E-state index < -0.39 is 11.5 Å². The van der Waals surface area contributed by atoms with E-state index in [1.165, 1.54) is 0 Å². The lowest BCUT2D eigenvalue weighted by atomic mass is 9.93. The third-order valence-electron chi connectivity index (χ3n) is 2.85. The predicted octanol–water partition coefficient (Wildman–Crippen LogP) is 1.29. The molecule has 0 radical (unpaired) electrons. The zero-order chi connectivity index (χ0) is 15.2. The van der Waals surface area contributed by atoms with Crippen LogP contribution in [0.2, 0.25) is 0 Å². The molecule has 0 saturated carbocycles. The van der Waals surface area contributed by atoms with Gasteiger partial charge < -0.3 is 20.9 Å². The number of halogens is 1. The van der Waals surface area contributed by atoms with Gasteiger partial charge in [0, 0.05) is 17.6 Å². The first kappa shape index (κ1) is 16.9. The van der Waals surface area contributed by atoms with Crippen molar-refractivity contribution in [2.45, 2.75) is 20.0 Å². The van der Waals surface area contributed by atoms with Crippen LogP contribution in [-0.4, -0.2) is 36.8 Å². The van der Waals surface area contributed by atoms with E-state index in [4.69, 9.17) is 10.5 Å². The highest BCUT2D eigenvalue weighted by Gasteiger charge is 2.24. The van der Waals surface area contributed by atoms with E-state index in [-0.39, 0.29) is 12.5 Å². The molecule has 0 aromatic heterocycles. The highest BCUT2D eigenvalue weighted by molar-refractivity contribution is 9.10. The van der Waals surface area contributed by atoms with Crippen molar-refractivity contribution < 1.29 is 14.6 Å². The van der Waals surface area contributed by atoms with E-state index in [0.717, 1.165) is 4.47 Å². The van der Waals surface area contributed by atoms with Crippen LogP contribution in [0.4, 0.5) is 0 Å². The number of rotatable bonds is 8. The normalized spacial score (nSPS) is 13.0. The molecule has 0 bridgehead atoms. The molecule has 20 heavy (non-hydrogen) atoms. The Morgan fingerprint density at radius 3 is 2.85 bits per heavy atom. The van der Waals surface area contributed by atoms with Crippen molar-refractivity contribution in [3.8, 4) is 5.75 Å². The molecule has 0 aliphatic heterocycles. The molecule has 4 N–H and O–H groups in total. The Morgan fingerprint density at radius 2 is 2.25 bits per heavy atom. The standard InChI is InChI=1S/C14H21BrN2O3/c1-14(2,13(16)19)9-17-7-11(18)8-20-12-5-3-4-10(15)6-12/h3-6,11,17-18H,7-9H2,1-2H3,(H2,16,19). The lowest BCUT2D eigenvalue weighted by Gasteiger charge is -2.22. The van der Waals surface area contributed by atoms with Gasteiger partial charge >= 0.3 is 0 Å². The van der Waals surface area contributed by atoms with Crippen LogP contribution in [0.1, 0.15) is 13.8 Å². The summed E-state index contributed by atoms with van der Waals surface area (Å²) in [7, 11) is 0. The van der Waals surface area contributed by atoms with Gasteiger partial charge in [-0.25, -0.2) is 0 Å². The molecule has 6 heteroatoms. The van der Waals surface area contributed by atoms with Crippen LogP contribution in [0.15, 0.2) is 28.7 Å². The van der Waals surface area contributed by atoms with Gasteiger partial charge in [0.1, 0.15) is 18.5 Å². The van der Waals surface area contributed by atoms with Gasteiger partial charge in [0.15, 0.2) is 0 Å². The van der Waals surface area contributed by atoms with Crippen LogP contribution < -0.4 is 15.8 Å². The molecule has 1 amide bonds. The molecule has 0 fully saturated rings. The fraction of sp³-hybridized carbons (Fsp3) is 0.500. The van der Waals surface area contributed by atoms with E-state index in [0.29, 0.717) is 18.8 Å². The Labute approximate surface area is 127 Å². The first-order valence-electron chi connectivity index (χ1n) is 6.38. The molecule has 0 heterocycles. The lowest BCUT2D eigenvalue weighted by Crippen LogP contribution is -2.43. The zero-order valence-electron chi connectivity index (χ0n) is 11.7. The van der Waals surface area contributed by atoms with Crippen LogP contribution in [0.3, 0.4) is 0 Å². The van der Waals surface area contributed by atoms with Crippen LogP contribution in [-0.2, 0) is 4.79 Å². The first-order valence-corrected chi connectivity index (χ1v) is 7.17. The number of aliphatic hydroxyl groups is 1. The molecule has 1 aromatic rings. The van der Waals surface area contributed by atoms with Gasteiger partial charge in [0.25, 0.3) is 0 Å². The average Bonchev–Trinajstić information content (AvgIpc) is 2.36. The average molecular weight is 345 g/mol. The third-order valence-corrected chi connectivity index (χ3v) is 3.35. The van der Waals surface area contributed by atoms with Crippen molar-refractivity contribution in [3.05, 3.63) is 28.7 Å². The minimum absolute atomic E-state index is 0.181. The van der Waals surface area contributed by atoms with Gasteiger partial charge in [0.05, 0.1) is 5.41 Å². The fourth-order valence-electron chi connectivity index (χ4n) is 1.45. The first-order chi connectivity index (χ1) is 9.31. The van der Waals surface area contributed by atoms with Gasteiger partial charge in [-0.2, -0.15) is 0 Å². The number of nitrogens with one attached hydrogen (secondary N) is 1. The molecular formula is C14H21BrN2O3. The van der Waals surface area contributed by atoms with Gasteiger partial charge in [0.2, 0.25) is 5.91 Å². The maximum absolute atomic E-state index is 11.1. The van der Waals surface area contributed by atoms with E-state index in [2.05, 4.69) is 21.2 Å². The second-order valence-electron chi connectivity index (χ2n) is 5.30. The molecule has 0 spiro atoms. The summed E-state index contributed by atoms with van der Waals surface area (Å²) >= 11 is 3.35. The summed E-state index contributed by atoms with van der Waals surface area (Å²) < 4.78 is 6.39. The zero-order valence-corrected chi connectivity index (χ0v) is 13.3. The Balaban J connectivity index is 2.27. The monoisotopic (exact) mass is 344 g/mol. The van der Waals surface area contributed by atoms with Crippen molar-refractivity contribution in [2.24, 2.45) is 11.1 Å². The van der Waals surface area contributed by atoms with Gasteiger partial charge in [-0.15, -0.1) is 0 Å². The largest absolute Gasteiger partial charge is 0.491 e.